The van der Waals surface area contributed by atoms with Crippen molar-refractivity contribution < 1.29 is 121 Å². The van der Waals surface area contributed by atoms with Gasteiger partial charge in [0.2, 0.25) is 5.91 Å². The average molecular weight is 1360 g/mol. The summed E-state index contributed by atoms with van der Waals surface area (Å²) in [7, 11) is 0. The highest BCUT2D eigenvalue weighted by molar-refractivity contribution is 5.80. The number of aldehydes is 1. The molecule has 0 aromatic carbocycles. The van der Waals surface area contributed by atoms with E-state index in [4.69, 9.17) is 88.9 Å². The zero-order chi connectivity index (χ0) is 76.9. The van der Waals surface area contributed by atoms with Crippen molar-refractivity contribution in [3.8, 4) is 0 Å². The molecular formula is C63H107N7O25. The molecule has 32 heteroatoms. The lowest BCUT2D eigenvalue weighted by Gasteiger charge is -2.22. The molecule has 95 heavy (non-hydrogen) atoms. The number of aliphatic hydroxyl groups excluding tert-OH is 1. The number of carbonyl (C=O) groups is 8. The Morgan fingerprint density at radius 3 is 1.00 bits per heavy atom. The van der Waals surface area contributed by atoms with Crippen LogP contribution in [0.2, 0.25) is 0 Å². The third-order valence-electron chi connectivity index (χ3n) is 10.1. The maximum absolute atomic E-state index is 11.5. The van der Waals surface area contributed by atoms with Crippen molar-refractivity contribution >= 4 is 85.5 Å². The van der Waals surface area contributed by atoms with Crippen molar-refractivity contribution in [3.05, 3.63) is 50.6 Å². The van der Waals surface area contributed by atoms with Crippen LogP contribution in [0.5, 0.6) is 0 Å². The molecule has 544 valence electrons. The number of hydrogen-bond donors (Lipinski definition) is 9. The number of nitrogens with one attached hydrogen (secondary N) is 4. The van der Waals surface area contributed by atoms with E-state index in [0.717, 1.165) is 38.4 Å². The minimum absolute atomic E-state index is 0.0282. The quantitative estimate of drug-likeness (QED) is 0.0167. The van der Waals surface area contributed by atoms with Crippen LogP contribution in [0.25, 0.3) is 0 Å². The predicted molar refractivity (Wildman–Crippen MR) is 341 cm³/mol. The first-order valence-electron chi connectivity index (χ1n) is 28.9. The van der Waals surface area contributed by atoms with Crippen molar-refractivity contribution in [2.45, 2.75) is 198 Å². The lowest BCUT2D eigenvalue weighted by atomic mass is 9.89. The van der Waals surface area contributed by atoms with Crippen LogP contribution >= 0.6 is 0 Å². The van der Waals surface area contributed by atoms with Crippen molar-refractivity contribution in [1.82, 2.24) is 21.3 Å². The van der Waals surface area contributed by atoms with Gasteiger partial charge in [-0.1, -0.05) is 154 Å². The van der Waals surface area contributed by atoms with E-state index in [1.54, 1.807) is 0 Å². The van der Waals surface area contributed by atoms with Gasteiger partial charge in [-0.3, -0.25) is 14.6 Å². The third kappa shape index (κ3) is 116. The molecule has 0 fully saturated rings. The fraction of sp³-hybridized carbons (Fsp3) is 0.651. The van der Waals surface area contributed by atoms with Crippen LogP contribution in [0.15, 0.2) is 55.6 Å². The summed E-state index contributed by atoms with van der Waals surface area (Å²) >= 11 is 0. The highest BCUT2D eigenvalue weighted by Gasteiger charge is 2.24. The van der Waals surface area contributed by atoms with Gasteiger partial charge in [-0.25, -0.2) is 24.0 Å². The Hall–Kier alpha value is -9.39. The molecule has 0 aliphatic rings. The number of nitrogens with zero attached hydrogens (tertiary/aromatic N) is 1. The number of nitrogens with two attached hydrogens (primary N) is 2. The number of primary amides is 1. The molecule has 0 heterocycles. The number of rotatable bonds is 29. The minimum atomic E-state index is -1.05. The van der Waals surface area contributed by atoms with E-state index >= 15 is 0 Å². The predicted octanol–water partition coefficient (Wildman–Crippen LogP) is 6.51. The van der Waals surface area contributed by atoms with Gasteiger partial charge < -0.3 is 71.8 Å². The van der Waals surface area contributed by atoms with Crippen molar-refractivity contribution in [2.75, 3.05) is 39.6 Å². The zero-order valence-corrected chi connectivity index (χ0v) is 57.9. The van der Waals surface area contributed by atoms with Gasteiger partial charge >= 0.3 is 67.1 Å². The van der Waals surface area contributed by atoms with Gasteiger partial charge in [0.15, 0.2) is 0 Å². The molecule has 0 aliphatic carbocycles. The number of amides is 5. The second-order valence-corrected chi connectivity index (χ2v) is 25.1. The number of carbonyl (C=O) groups excluding carboxylic acids is 16. The molecule has 0 saturated heterocycles. The lowest BCUT2D eigenvalue weighted by molar-refractivity contribution is -0.193. The van der Waals surface area contributed by atoms with Crippen LogP contribution in [-0.2, 0) is 86.1 Å². The molecule has 0 aromatic heterocycles. The monoisotopic (exact) mass is 1360 g/mol. The summed E-state index contributed by atoms with van der Waals surface area (Å²) in [5.41, 5.74) is 11.0. The fourth-order valence-corrected chi connectivity index (χ4v) is 5.49. The summed E-state index contributed by atoms with van der Waals surface area (Å²) in [6, 6.07) is -2.61. The second-order valence-electron chi connectivity index (χ2n) is 25.1. The van der Waals surface area contributed by atoms with Gasteiger partial charge in [0.25, 0.3) is 0 Å². The Bertz CT molecular complexity index is 2260. The molecule has 0 aliphatic heterocycles. The van der Waals surface area contributed by atoms with Gasteiger partial charge in [-0.2, -0.15) is 47.9 Å². The van der Waals surface area contributed by atoms with Crippen LogP contribution in [0.3, 0.4) is 0 Å². The normalized spacial score (nSPS) is 11.4. The molecule has 5 atom stereocenters. The first kappa shape index (κ1) is 107. The van der Waals surface area contributed by atoms with Gasteiger partial charge in [0.1, 0.15) is 51.3 Å². The van der Waals surface area contributed by atoms with Crippen LogP contribution in [0.1, 0.15) is 168 Å². The lowest BCUT2D eigenvalue weighted by Crippen LogP contribution is -2.41. The van der Waals surface area contributed by atoms with Gasteiger partial charge in [0, 0.05) is 6.21 Å². The molecule has 32 nitrogen and oxygen atoms in total. The smallest absolute Gasteiger partial charge is 0.408 e. The van der Waals surface area contributed by atoms with Crippen LogP contribution in [0.4, 0.5) is 19.2 Å². The third-order valence-corrected chi connectivity index (χ3v) is 10.1. The molecule has 5 amide bonds. The highest BCUT2D eigenvalue weighted by atomic mass is 16.6. The van der Waals surface area contributed by atoms with E-state index in [1.165, 1.54) is 30.5 Å². The summed E-state index contributed by atoms with van der Waals surface area (Å²) in [4.78, 5) is 173. The summed E-state index contributed by atoms with van der Waals surface area (Å²) in [6.45, 7) is 45.4. The van der Waals surface area contributed by atoms with E-state index in [1.807, 2.05) is 20.8 Å². The van der Waals surface area contributed by atoms with Crippen molar-refractivity contribution in [1.29, 1.82) is 0 Å². The van der Waals surface area contributed by atoms with Crippen LogP contribution in [0, 0.1) is 27.1 Å². The molecule has 0 spiro atoms. The molecule has 11 N–H and O–H groups in total. The topological polar surface area (TPSA) is 517 Å². The van der Waals surface area contributed by atoms with Crippen LogP contribution < -0.4 is 32.7 Å². The molecule has 0 rings (SSSR count). The number of aliphatic carboxylic acids is 2. The van der Waals surface area contributed by atoms with Crippen molar-refractivity contribution in [2.24, 2.45) is 43.5 Å². The van der Waals surface area contributed by atoms with E-state index in [9.17, 15) is 38.4 Å². The summed E-state index contributed by atoms with van der Waals surface area (Å²) in [5, 5.41) is 36.6. The summed E-state index contributed by atoms with van der Waals surface area (Å²) in [6.07, 6.45) is 14.3. The SMILES string of the molecule is C=CCOC(=O)NC(C=NCC(N)=O)CCC(C)(C)C.C=CCOC(=O)NC(C=O)CCC(C)(C)C.C=CCOC(=O)NC(CCC(C)(C)C)C(=O)O.C=CCOC(=O)NC(CO)CCC(C)(C)C.CC(C)(C)CCC(N)C(=O)O.O=C=O.O=C=O.O=C=O.O=C=O.O=C=O. The van der Waals surface area contributed by atoms with Gasteiger partial charge in [0.05, 0.1) is 24.7 Å². The van der Waals surface area contributed by atoms with Crippen molar-refractivity contribution in [3.63, 3.8) is 0 Å². The average Bonchev–Trinajstić information content (AvgIpc) is 1.44. The van der Waals surface area contributed by atoms with Gasteiger partial charge in [-0.05, 0) is 91.3 Å². The number of aliphatic hydroxyl groups is 1. The number of aliphatic imine (C=N–C) groups is 1. The van der Waals surface area contributed by atoms with E-state index in [-0.39, 0.29) is 109 Å². The first-order valence-corrected chi connectivity index (χ1v) is 28.9. The van der Waals surface area contributed by atoms with E-state index < -0.39 is 60.3 Å². The first-order chi connectivity index (χ1) is 43.7. The zero-order valence-electron chi connectivity index (χ0n) is 57.9. The van der Waals surface area contributed by atoms with E-state index in [0.29, 0.717) is 32.1 Å². The maximum atomic E-state index is 11.5. The summed E-state index contributed by atoms with van der Waals surface area (Å²) in [5.74, 6) is -2.47. The largest absolute Gasteiger partial charge is 0.480 e. The Balaban J connectivity index is -0.000000113. The number of ether oxygens (including phenoxy) is 4. The Kier molecular flexibility index (Phi) is 77.8. The Labute approximate surface area is 557 Å². The molecule has 0 aromatic rings. The standard InChI is InChI=1S/C14H25N3O3.C12H21NO4.C12H23NO3.C12H21NO3.C8H17NO2.5CO2/c1-5-8-20-13(19)17-11(6-7-14(2,3)4)9-16-10-12(15)18;1-5-8-17-11(16)13-9(10(14)15)6-7-12(2,3)4;2*1-5-8-16-11(15)13-10(9-14)6-7-12(2,3)4;1-8(2,3)5-4-6(9)7(10)11;5*2-1-3/h5,9,11H,1,6-8,10H2,2-4H3,(H2,15,18)(H,17,19);5,9H,1,6-8H2,2-4H3,(H,13,16)(H,14,15);5,10,14H,1,6-9H2,2-4H3,(H,13,15);5,9-10H,1,6-8H2,2-4H3,(H,13,15);6H,4-5,9H2,1-3H3,(H,10,11);;;;;. The number of carboxylic acid groups (broad SMARTS) is 2. The maximum Gasteiger partial charge on any atom is 0.408 e. The summed E-state index contributed by atoms with van der Waals surface area (Å²) < 4.78 is 19.0. The highest BCUT2D eigenvalue weighted by Crippen LogP contribution is 2.24. The Morgan fingerprint density at radius 1 is 0.453 bits per heavy atom. The second kappa shape index (κ2) is 69.0. The molecule has 5 unspecified atom stereocenters. The van der Waals surface area contributed by atoms with Crippen LogP contribution in [-0.4, -0.2) is 171 Å². The molecule has 0 radical (unpaired) electrons. The molecule has 0 bridgehead atoms. The van der Waals surface area contributed by atoms with E-state index in [2.05, 4.69) is 140 Å². The number of hydrogen-bond acceptors (Lipinski definition) is 25. The Morgan fingerprint density at radius 2 is 0.726 bits per heavy atom. The number of alkyl carbamates (subject to hydrolysis) is 4. The molecular weight excluding hydrogens is 1250 g/mol. The molecule has 0 saturated carbocycles. The minimum Gasteiger partial charge on any atom is -0.480 e. The fourth-order valence-electron chi connectivity index (χ4n) is 5.49. The number of carboxylic acids is 2. The van der Waals surface area contributed by atoms with Gasteiger partial charge in [-0.15, -0.1) is 0 Å².